The molecule has 24 heavy (non-hydrogen) atoms. The van der Waals surface area contributed by atoms with Gasteiger partial charge in [0.05, 0.1) is 5.75 Å². The average Bonchev–Trinajstić information content (AvgIpc) is 2.48. The van der Waals surface area contributed by atoms with Crippen LogP contribution in [0.4, 0.5) is 0 Å². The zero-order valence-electron chi connectivity index (χ0n) is 14.0. The molecule has 1 atom stereocenters. The Hall–Kier alpha value is -1.60. The summed E-state index contributed by atoms with van der Waals surface area (Å²) in [6.45, 7) is 3.89. The molecule has 2 N–H and O–H groups in total. The van der Waals surface area contributed by atoms with Gasteiger partial charge >= 0.3 is 0 Å². The van der Waals surface area contributed by atoms with E-state index in [9.17, 15) is 18.0 Å². The molecule has 0 bridgehead atoms. The normalized spacial score (nSPS) is 12.7. The summed E-state index contributed by atoms with van der Waals surface area (Å²) >= 11 is 5.79. The largest absolute Gasteiger partial charge is 0.354 e. The predicted octanol–water partition coefficient (Wildman–Crippen LogP) is 1.65. The first kappa shape index (κ1) is 20.4. The van der Waals surface area contributed by atoms with E-state index < -0.39 is 15.9 Å². The Labute approximate surface area is 147 Å². The van der Waals surface area contributed by atoms with Crippen molar-refractivity contribution in [2.75, 3.05) is 18.6 Å². The van der Waals surface area contributed by atoms with E-state index in [0.29, 0.717) is 17.0 Å². The van der Waals surface area contributed by atoms with Crippen molar-refractivity contribution in [3.05, 3.63) is 34.9 Å². The second-order valence-corrected chi connectivity index (χ2v) is 8.67. The molecule has 1 aromatic rings. The third-order valence-corrected chi connectivity index (χ3v) is 4.62. The van der Waals surface area contributed by atoms with E-state index in [1.54, 1.807) is 24.3 Å². The van der Waals surface area contributed by atoms with Crippen molar-refractivity contribution in [3.8, 4) is 0 Å². The molecule has 0 radical (unpaired) electrons. The number of hydrogen-bond acceptors (Lipinski definition) is 4. The molecule has 1 rings (SSSR count). The Morgan fingerprint density at radius 1 is 1.17 bits per heavy atom. The minimum absolute atomic E-state index is 0.0107. The SMILES string of the molecule is CC(C)C(NC(=O)c1ccc(Cl)cc1)C(=O)NCCCS(C)(=O)=O. The minimum atomic E-state index is -3.05. The molecule has 0 aliphatic carbocycles. The Bertz CT molecular complexity index is 672. The van der Waals surface area contributed by atoms with Crippen LogP contribution in [0.15, 0.2) is 24.3 Å². The monoisotopic (exact) mass is 374 g/mol. The van der Waals surface area contributed by atoms with Crippen LogP contribution in [0.2, 0.25) is 5.02 Å². The van der Waals surface area contributed by atoms with Gasteiger partial charge in [-0.3, -0.25) is 9.59 Å². The summed E-state index contributed by atoms with van der Waals surface area (Å²) in [5.41, 5.74) is 0.412. The number of benzene rings is 1. The first-order valence-corrected chi connectivity index (χ1v) is 10.1. The van der Waals surface area contributed by atoms with Gasteiger partial charge in [-0.1, -0.05) is 25.4 Å². The molecule has 0 saturated carbocycles. The van der Waals surface area contributed by atoms with Crippen molar-refractivity contribution in [1.29, 1.82) is 0 Å². The second-order valence-electron chi connectivity index (χ2n) is 5.98. The van der Waals surface area contributed by atoms with Gasteiger partial charge in [-0.15, -0.1) is 0 Å². The van der Waals surface area contributed by atoms with Gasteiger partial charge in [0.2, 0.25) is 5.91 Å². The van der Waals surface area contributed by atoms with Crippen LogP contribution in [-0.2, 0) is 14.6 Å². The molecule has 8 heteroatoms. The summed E-state index contributed by atoms with van der Waals surface area (Å²) in [6, 6.07) is 5.67. The van der Waals surface area contributed by atoms with Crippen LogP contribution in [0.25, 0.3) is 0 Å². The number of nitrogens with one attached hydrogen (secondary N) is 2. The standard InChI is InChI=1S/C16H23ClN2O4S/c1-11(2)14(16(21)18-9-4-10-24(3,22)23)19-15(20)12-5-7-13(17)8-6-12/h5-8,11,14H,4,9-10H2,1-3H3,(H,18,21)(H,19,20). The Morgan fingerprint density at radius 2 is 1.75 bits per heavy atom. The summed E-state index contributed by atoms with van der Waals surface area (Å²) in [5, 5.41) is 5.88. The van der Waals surface area contributed by atoms with Crippen LogP contribution in [0, 0.1) is 5.92 Å². The lowest BCUT2D eigenvalue weighted by Gasteiger charge is -2.21. The summed E-state index contributed by atoms with van der Waals surface area (Å²) in [4.78, 5) is 24.5. The van der Waals surface area contributed by atoms with Crippen molar-refractivity contribution in [1.82, 2.24) is 10.6 Å². The highest BCUT2D eigenvalue weighted by Crippen LogP contribution is 2.10. The average molecular weight is 375 g/mol. The second kappa shape index (κ2) is 9.03. The van der Waals surface area contributed by atoms with E-state index in [1.165, 1.54) is 0 Å². The Kier molecular flexibility index (Phi) is 7.69. The fourth-order valence-corrected chi connectivity index (χ4v) is 2.81. The van der Waals surface area contributed by atoms with Gasteiger partial charge in [-0.2, -0.15) is 0 Å². The molecular formula is C16H23ClN2O4S. The van der Waals surface area contributed by atoms with Gasteiger partial charge in [-0.25, -0.2) is 8.42 Å². The van der Waals surface area contributed by atoms with E-state index in [-0.39, 0.29) is 30.0 Å². The summed E-state index contributed by atoms with van der Waals surface area (Å²) in [5.74, 6) is -0.801. The lowest BCUT2D eigenvalue weighted by atomic mass is 10.0. The first-order valence-electron chi connectivity index (χ1n) is 7.62. The molecule has 1 unspecified atom stereocenters. The zero-order valence-corrected chi connectivity index (χ0v) is 15.6. The van der Waals surface area contributed by atoms with Gasteiger partial charge < -0.3 is 10.6 Å². The highest BCUT2D eigenvalue weighted by Gasteiger charge is 2.24. The Morgan fingerprint density at radius 3 is 2.25 bits per heavy atom. The van der Waals surface area contributed by atoms with Crippen LogP contribution >= 0.6 is 11.6 Å². The van der Waals surface area contributed by atoms with Gasteiger partial charge in [0.25, 0.3) is 5.91 Å². The third-order valence-electron chi connectivity index (χ3n) is 3.33. The predicted molar refractivity (Wildman–Crippen MR) is 94.9 cm³/mol. The molecule has 134 valence electrons. The highest BCUT2D eigenvalue weighted by atomic mass is 35.5. The maximum atomic E-state index is 12.2. The molecule has 0 heterocycles. The summed E-state index contributed by atoms with van der Waals surface area (Å²) in [7, 11) is -3.05. The van der Waals surface area contributed by atoms with Crippen molar-refractivity contribution in [2.24, 2.45) is 5.92 Å². The van der Waals surface area contributed by atoms with Crippen molar-refractivity contribution in [3.63, 3.8) is 0 Å². The number of hydrogen-bond donors (Lipinski definition) is 2. The number of sulfone groups is 1. The molecule has 6 nitrogen and oxygen atoms in total. The van der Waals surface area contributed by atoms with E-state index in [0.717, 1.165) is 6.26 Å². The fraction of sp³-hybridized carbons (Fsp3) is 0.500. The molecule has 0 aliphatic rings. The smallest absolute Gasteiger partial charge is 0.251 e. The van der Waals surface area contributed by atoms with Crippen LogP contribution < -0.4 is 10.6 Å². The van der Waals surface area contributed by atoms with E-state index in [1.807, 2.05) is 13.8 Å². The number of amides is 2. The van der Waals surface area contributed by atoms with Gasteiger partial charge in [0, 0.05) is 23.4 Å². The number of rotatable bonds is 8. The molecule has 0 aromatic heterocycles. The Balaban J connectivity index is 2.61. The van der Waals surface area contributed by atoms with Crippen LogP contribution in [-0.4, -0.2) is 44.8 Å². The first-order chi connectivity index (χ1) is 11.1. The van der Waals surface area contributed by atoms with Crippen molar-refractivity contribution in [2.45, 2.75) is 26.3 Å². The molecule has 0 aliphatic heterocycles. The van der Waals surface area contributed by atoms with Crippen LogP contribution in [0.5, 0.6) is 0 Å². The van der Waals surface area contributed by atoms with Crippen LogP contribution in [0.1, 0.15) is 30.6 Å². The number of carbonyl (C=O) groups is 2. The summed E-state index contributed by atoms with van der Waals surface area (Å²) in [6.07, 6.45) is 1.48. The van der Waals surface area contributed by atoms with E-state index >= 15 is 0 Å². The lowest BCUT2D eigenvalue weighted by Crippen LogP contribution is -2.50. The maximum absolute atomic E-state index is 12.2. The molecule has 0 spiro atoms. The quantitative estimate of drug-likeness (QED) is 0.676. The zero-order chi connectivity index (χ0) is 18.3. The summed E-state index contributed by atoms with van der Waals surface area (Å²) < 4.78 is 22.1. The number of halogens is 1. The van der Waals surface area contributed by atoms with Crippen LogP contribution in [0.3, 0.4) is 0 Å². The molecule has 0 saturated heterocycles. The van der Waals surface area contributed by atoms with Gasteiger partial charge in [0.1, 0.15) is 15.9 Å². The van der Waals surface area contributed by atoms with Gasteiger partial charge in [0.15, 0.2) is 0 Å². The molecule has 0 fully saturated rings. The fourth-order valence-electron chi connectivity index (χ4n) is 2.02. The highest BCUT2D eigenvalue weighted by molar-refractivity contribution is 7.90. The maximum Gasteiger partial charge on any atom is 0.251 e. The molecule has 1 aromatic carbocycles. The lowest BCUT2D eigenvalue weighted by molar-refractivity contribution is -0.123. The van der Waals surface area contributed by atoms with E-state index in [4.69, 9.17) is 11.6 Å². The minimum Gasteiger partial charge on any atom is -0.354 e. The van der Waals surface area contributed by atoms with Crippen molar-refractivity contribution < 1.29 is 18.0 Å². The van der Waals surface area contributed by atoms with Crippen molar-refractivity contribution >= 4 is 33.3 Å². The van der Waals surface area contributed by atoms with E-state index in [2.05, 4.69) is 10.6 Å². The van der Waals surface area contributed by atoms with Gasteiger partial charge in [-0.05, 0) is 36.6 Å². The topological polar surface area (TPSA) is 92.3 Å². The molecule has 2 amide bonds. The third kappa shape index (κ3) is 7.31. The molecular weight excluding hydrogens is 352 g/mol. The number of carbonyl (C=O) groups excluding carboxylic acids is 2.